The molecule has 2 rings (SSSR count). The van der Waals surface area contributed by atoms with Crippen LogP contribution in [0.25, 0.3) is 0 Å². The van der Waals surface area contributed by atoms with Crippen LogP contribution in [0.4, 0.5) is 10.8 Å². The lowest BCUT2D eigenvalue weighted by Crippen LogP contribution is -2.35. The summed E-state index contributed by atoms with van der Waals surface area (Å²) in [5.74, 6) is -0.0635. The van der Waals surface area contributed by atoms with Crippen molar-refractivity contribution in [1.82, 2.24) is 9.27 Å². The molecule has 1 aliphatic carbocycles. The van der Waals surface area contributed by atoms with Gasteiger partial charge in [-0.2, -0.15) is 4.37 Å². The van der Waals surface area contributed by atoms with Crippen LogP contribution in [0.1, 0.15) is 26.7 Å². The lowest BCUT2D eigenvalue weighted by molar-refractivity contribution is -0.128. The number of rotatable bonds is 7. The molecule has 0 bridgehead atoms. The Morgan fingerprint density at radius 1 is 1.43 bits per heavy atom. The normalized spacial score (nSPS) is 15.0. The van der Waals surface area contributed by atoms with Crippen molar-refractivity contribution >= 4 is 38.1 Å². The lowest BCUT2D eigenvalue weighted by atomic mass is 10.4. The second kappa shape index (κ2) is 6.18. The Kier molecular flexibility index (Phi) is 4.72. The van der Waals surface area contributed by atoms with Gasteiger partial charge < -0.3 is 16.0 Å². The molecule has 0 aliphatic heterocycles. The first-order valence-electron chi connectivity index (χ1n) is 6.92. The standard InChI is InChI=1S/C12H20N4O3S2/c1-3-16(4-2)9(17)7-14-12-10(11(13)15-20-12)21(18,19)8-5-6-8/h8,14H,3-7H2,1-2H3,(H2,13,15). The number of aromatic nitrogens is 1. The van der Waals surface area contributed by atoms with Gasteiger partial charge in [0.2, 0.25) is 5.91 Å². The number of nitrogens with two attached hydrogens (primary N) is 1. The number of nitrogens with one attached hydrogen (secondary N) is 1. The van der Waals surface area contributed by atoms with E-state index in [9.17, 15) is 13.2 Å². The van der Waals surface area contributed by atoms with Gasteiger partial charge in [-0.3, -0.25) is 4.79 Å². The number of anilines is 2. The average molecular weight is 332 g/mol. The van der Waals surface area contributed by atoms with Gasteiger partial charge in [0.25, 0.3) is 0 Å². The molecular formula is C12H20N4O3S2. The van der Waals surface area contributed by atoms with Crippen LogP contribution >= 0.6 is 11.5 Å². The molecule has 0 atom stereocenters. The number of hydrogen-bond donors (Lipinski definition) is 2. The molecule has 0 spiro atoms. The second-order valence-corrected chi connectivity index (χ2v) is 7.83. The molecule has 1 heterocycles. The molecular weight excluding hydrogens is 312 g/mol. The van der Waals surface area contributed by atoms with Crippen LogP contribution in [-0.4, -0.2) is 48.5 Å². The summed E-state index contributed by atoms with van der Waals surface area (Å²) in [6.45, 7) is 5.07. The average Bonchev–Trinajstić information content (AvgIpc) is 3.22. The first-order chi connectivity index (χ1) is 9.91. The highest BCUT2D eigenvalue weighted by atomic mass is 32.2. The van der Waals surface area contributed by atoms with Crippen molar-refractivity contribution in [2.75, 3.05) is 30.7 Å². The molecule has 1 aromatic rings. The van der Waals surface area contributed by atoms with E-state index in [1.807, 2.05) is 13.8 Å². The topological polar surface area (TPSA) is 105 Å². The Labute approximate surface area is 128 Å². The monoisotopic (exact) mass is 332 g/mol. The maximum absolute atomic E-state index is 12.3. The third-order valence-electron chi connectivity index (χ3n) is 3.44. The lowest BCUT2D eigenvalue weighted by Gasteiger charge is -2.18. The summed E-state index contributed by atoms with van der Waals surface area (Å²) in [7, 11) is -3.43. The van der Waals surface area contributed by atoms with Gasteiger partial charge in [0, 0.05) is 13.1 Å². The Bertz CT molecular complexity index is 618. The van der Waals surface area contributed by atoms with Crippen molar-refractivity contribution < 1.29 is 13.2 Å². The second-order valence-electron chi connectivity index (χ2n) is 4.89. The Balaban J connectivity index is 2.13. The van der Waals surface area contributed by atoms with Crippen LogP contribution in [-0.2, 0) is 14.6 Å². The fourth-order valence-electron chi connectivity index (χ4n) is 2.07. The highest BCUT2D eigenvalue weighted by molar-refractivity contribution is 7.92. The molecule has 0 radical (unpaired) electrons. The van der Waals surface area contributed by atoms with E-state index in [0.29, 0.717) is 30.9 Å². The largest absolute Gasteiger partial charge is 0.382 e. The third kappa shape index (κ3) is 3.29. The number of hydrogen-bond acceptors (Lipinski definition) is 7. The maximum Gasteiger partial charge on any atom is 0.241 e. The highest BCUT2D eigenvalue weighted by Crippen LogP contribution is 2.40. The molecule has 1 saturated carbocycles. The summed E-state index contributed by atoms with van der Waals surface area (Å²) in [6, 6.07) is 0. The smallest absolute Gasteiger partial charge is 0.241 e. The summed E-state index contributed by atoms with van der Waals surface area (Å²) in [5, 5.41) is 2.89. The van der Waals surface area contributed by atoms with Crippen LogP contribution in [0.2, 0.25) is 0 Å². The number of amides is 1. The minimum absolute atomic E-state index is 0.0182. The number of carbonyl (C=O) groups is 1. The van der Waals surface area contributed by atoms with Crippen molar-refractivity contribution in [3.63, 3.8) is 0 Å². The van der Waals surface area contributed by atoms with E-state index in [-0.39, 0.29) is 28.4 Å². The van der Waals surface area contributed by atoms with Gasteiger partial charge in [0.05, 0.1) is 11.8 Å². The zero-order valence-electron chi connectivity index (χ0n) is 12.1. The molecule has 21 heavy (non-hydrogen) atoms. The van der Waals surface area contributed by atoms with Crippen molar-refractivity contribution in [3.05, 3.63) is 0 Å². The highest BCUT2D eigenvalue weighted by Gasteiger charge is 2.40. The Morgan fingerprint density at radius 2 is 2.05 bits per heavy atom. The minimum atomic E-state index is -3.43. The first-order valence-corrected chi connectivity index (χ1v) is 9.24. The van der Waals surface area contributed by atoms with E-state index in [0.717, 1.165) is 11.5 Å². The summed E-state index contributed by atoms with van der Waals surface area (Å²) < 4.78 is 28.6. The molecule has 118 valence electrons. The molecule has 0 unspecified atom stereocenters. The SMILES string of the molecule is CCN(CC)C(=O)CNc1snc(N)c1S(=O)(=O)C1CC1. The van der Waals surface area contributed by atoms with Crippen molar-refractivity contribution in [3.8, 4) is 0 Å². The summed E-state index contributed by atoms with van der Waals surface area (Å²) in [5.41, 5.74) is 5.70. The van der Waals surface area contributed by atoms with E-state index in [4.69, 9.17) is 5.73 Å². The fraction of sp³-hybridized carbons (Fsp3) is 0.667. The van der Waals surface area contributed by atoms with Crippen LogP contribution in [0.3, 0.4) is 0 Å². The van der Waals surface area contributed by atoms with Crippen LogP contribution < -0.4 is 11.1 Å². The van der Waals surface area contributed by atoms with E-state index < -0.39 is 9.84 Å². The predicted molar refractivity (Wildman–Crippen MR) is 83.2 cm³/mol. The zero-order chi connectivity index (χ0) is 15.6. The van der Waals surface area contributed by atoms with Crippen LogP contribution in [0.5, 0.6) is 0 Å². The quantitative estimate of drug-likeness (QED) is 0.770. The van der Waals surface area contributed by atoms with Crippen molar-refractivity contribution in [2.24, 2.45) is 0 Å². The fourth-order valence-corrected chi connectivity index (χ4v) is 4.95. The summed E-state index contributed by atoms with van der Waals surface area (Å²) in [4.78, 5) is 13.7. The van der Waals surface area contributed by atoms with E-state index >= 15 is 0 Å². The van der Waals surface area contributed by atoms with Crippen LogP contribution in [0.15, 0.2) is 4.90 Å². The molecule has 1 amide bonds. The van der Waals surface area contributed by atoms with Crippen molar-refractivity contribution in [2.45, 2.75) is 36.8 Å². The van der Waals surface area contributed by atoms with Gasteiger partial charge in [0.1, 0.15) is 9.90 Å². The van der Waals surface area contributed by atoms with Gasteiger partial charge in [0.15, 0.2) is 15.7 Å². The van der Waals surface area contributed by atoms with Gasteiger partial charge in [-0.25, -0.2) is 8.42 Å². The molecule has 1 aliphatic rings. The number of carbonyl (C=O) groups excluding carboxylic acids is 1. The Morgan fingerprint density at radius 3 is 2.57 bits per heavy atom. The Hall–Kier alpha value is -1.35. The minimum Gasteiger partial charge on any atom is -0.382 e. The van der Waals surface area contributed by atoms with E-state index in [1.165, 1.54) is 0 Å². The van der Waals surface area contributed by atoms with Gasteiger partial charge in [-0.15, -0.1) is 0 Å². The number of likely N-dealkylation sites (N-methyl/N-ethyl adjacent to an activating group) is 1. The summed E-state index contributed by atoms with van der Waals surface area (Å²) >= 11 is 0.981. The molecule has 0 saturated heterocycles. The number of sulfone groups is 1. The van der Waals surface area contributed by atoms with Crippen molar-refractivity contribution in [1.29, 1.82) is 0 Å². The molecule has 1 fully saturated rings. The molecule has 9 heteroatoms. The first kappa shape index (κ1) is 16.0. The van der Waals surface area contributed by atoms with Gasteiger partial charge in [-0.1, -0.05) is 0 Å². The third-order valence-corrected chi connectivity index (χ3v) is 6.72. The van der Waals surface area contributed by atoms with E-state index in [1.54, 1.807) is 4.90 Å². The molecule has 1 aromatic heterocycles. The molecule has 0 aromatic carbocycles. The summed E-state index contributed by atoms with van der Waals surface area (Å²) in [6.07, 6.45) is 1.32. The number of nitrogens with zero attached hydrogens (tertiary/aromatic N) is 2. The van der Waals surface area contributed by atoms with E-state index in [2.05, 4.69) is 9.69 Å². The molecule has 7 nitrogen and oxygen atoms in total. The maximum atomic E-state index is 12.3. The molecule has 3 N–H and O–H groups in total. The van der Waals surface area contributed by atoms with Crippen LogP contribution in [0, 0.1) is 0 Å². The zero-order valence-corrected chi connectivity index (χ0v) is 13.8. The van der Waals surface area contributed by atoms with Gasteiger partial charge in [-0.05, 0) is 38.2 Å². The predicted octanol–water partition coefficient (Wildman–Crippen LogP) is 0.942. The van der Waals surface area contributed by atoms with Gasteiger partial charge >= 0.3 is 0 Å². The number of nitrogen functional groups attached to an aromatic ring is 1.